The van der Waals surface area contributed by atoms with Crippen molar-refractivity contribution in [2.75, 3.05) is 11.1 Å². The molecule has 3 aromatic rings. The van der Waals surface area contributed by atoms with E-state index in [9.17, 15) is 0 Å². The second-order valence-electron chi connectivity index (χ2n) is 4.60. The van der Waals surface area contributed by atoms with Gasteiger partial charge in [0, 0.05) is 23.5 Å². The Labute approximate surface area is 116 Å². The number of pyridine rings is 1. The molecular formula is C15H15N5. The Morgan fingerprint density at radius 3 is 2.80 bits per heavy atom. The van der Waals surface area contributed by atoms with Crippen LogP contribution in [0.15, 0.2) is 42.9 Å². The van der Waals surface area contributed by atoms with Gasteiger partial charge in [-0.1, -0.05) is 0 Å². The van der Waals surface area contributed by atoms with Crippen molar-refractivity contribution < 1.29 is 0 Å². The minimum absolute atomic E-state index is 0.600. The van der Waals surface area contributed by atoms with Crippen LogP contribution in [0.3, 0.4) is 0 Å². The van der Waals surface area contributed by atoms with Gasteiger partial charge in [0.05, 0.1) is 35.3 Å². The molecule has 5 nitrogen and oxygen atoms in total. The van der Waals surface area contributed by atoms with Crippen LogP contribution in [-0.4, -0.2) is 15.0 Å². The summed E-state index contributed by atoms with van der Waals surface area (Å²) in [7, 11) is 0. The number of nitrogens with two attached hydrogens (primary N) is 1. The third-order valence-electron chi connectivity index (χ3n) is 3.10. The molecule has 0 bridgehead atoms. The van der Waals surface area contributed by atoms with Gasteiger partial charge >= 0.3 is 0 Å². The Bertz CT molecular complexity index is 737. The Balaban J connectivity index is 1.88. The number of fused-ring (bicyclic) bond motifs is 1. The van der Waals surface area contributed by atoms with E-state index >= 15 is 0 Å². The third kappa shape index (κ3) is 2.38. The van der Waals surface area contributed by atoms with Gasteiger partial charge in [-0.25, -0.2) is 0 Å². The first-order valence-electron chi connectivity index (χ1n) is 6.38. The van der Waals surface area contributed by atoms with Gasteiger partial charge in [-0.05, 0) is 31.2 Å². The Morgan fingerprint density at radius 2 is 2.00 bits per heavy atom. The Morgan fingerprint density at radius 1 is 1.10 bits per heavy atom. The van der Waals surface area contributed by atoms with Gasteiger partial charge in [-0.3, -0.25) is 15.0 Å². The lowest BCUT2D eigenvalue weighted by Crippen LogP contribution is -2.04. The fraction of sp³-hybridized carbons (Fsp3) is 0.133. The average Bonchev–Trinajstić information content (AvgIpc) is 2.49. The van der Waals surface area contributed by atoms with Gasteiger partial charge in [0.1, 0.15) is 0 Å². The third-order valence-corrected chi connectivity index (χ3v) is 3.10. The van der Waals surface area contributed by atoms with Crippen molar-refractivity contribution in [3.63, 3.8) is 0 Å². The second-order valence-corrected chi connectivity index (χ2v) is 4.60. The number of hydrogen-bond acceptors (Lipinski definition) is 5. The highest BCUT2D eigenvalue weighted by Crippen LogP contribution is 2.26. The van der Waals surface area contributed by atoms with Crippen molar-refractivity contribution in [1.29, 1.82) is 0 Å². The summed E-state index contributed by atoms with van der Waals surface area (Å²) in [5, 5.41) is 4.28. The largest absolute Gasteiger partial charge is 0.398 e. The van der Waals surface area contributed by atoms with Crippen LogP contribution in [0.4, 0.5) is 11.4 Å². The number of aromatic nitrogens is 3. The van der Waals surface area contributed by atoms with E-state index in [1.807, 2.05) is 31.2 Å². The van der Waals surface area contributed by atoms with E-state index in [2.05, 4.69) is 20.3 Å². The molecule has 20 heavy (non-hydrogen) atoms. The van der Waals surface area contributed by atoms with Crippen LogP contribution in [-0.2, 0) is 6.54 Å². The molecule has 0 aliphatic rings. The lowest BCUT2D eigenvalue weighted by atomic mass is 10.1. The Hall–Kier alpha value is -2.69. The van der Waals surface area contributed by atoms with Crippen molar-refractivity contribution in [2.24, 2.45) is 0 Å². The van der Waals surface area contributed by atoms with Gasteiger partial charge in [0.2, 0.25) is 0 Å². The molecule has 2 aromatic heterocycles. The summed E-state index contributed by atoms with van der Waals surface area (Å²) < 4.78 is 0. The molecule has 0 saturated heterocycles. The Kier molecular flexibility index (Phi) is 3.16. The molecule has 2 heterocycles. The normalized spacial score (nSPS) is 10.7. The minimum Gasteiger partial charge on any atom is -0.398 e. The molecule has 100 valence electrons. The number of nitrogens with one attached hydrogen (secondary N) is 1. The minimum atomic E-state index is 0.600. The topological polar surface area (TPSA) is 76.7 Å². The van der Waals surface area contributed by atoms with Crippen LogP contribution < -0.4 is 11.1 Å². The number of hydrogen-bond donors (Lipinski definition) is 2. The van der Waals surface area contributed by atoms with E-state index in [0.29, 0.717) is 6.54 Å². The molecule has 0 aliphatic carbocycles. The van der Waals surface area contributed by atoms with Crippen LogP contribution in [0.5, 0.6) is 0 Å². The molecule has 0 saturated carbocycles. The molecule has 3 rings (SSSR count). The number of aryl methyl sites for hydroxylation is 1. The first kappa shape index (κ1) is 12.3. The molecule has 1 aromatic carbocycles. The zero-order valence-corrected chi connectivity index (χ0v) is 11.2. The molecule has 0 spiro atoms. The van der Waals surface area contributed by atoms with Gasteiger partial charge < -0.3 is 11.1 Å². The molecule has 0 amide bonds. The molecule has 3 N–H and O–H groups in total. The number of benzene rings is 1. The fourth-order valence-corrected chi connectivity index (χ4v) is 2.03. The summed E-state index contributed by atoms with van der Waals surface area (Å²) in [6.07, 6.45) is 5.30. The smallest absolute Gasteiger partial charge is 0.0953 e. The van der Waals surface area contributed by atoms with Crippen molar-refractivity contribution in [3.05, 3.63) is 54.2 Å². The van der Waals surface area contributed by atoms with Crippen LogP contribution in [0, 0.1) is 6.92 Å². The molecule has 0 fully saturated rings. The van der Waals surface area contributed by atoms with E-state index in [1.54, 1.807) is 18.6 Å². The van der Waals surface area contributed by atoms with Gasteiger partial charge in [-0.15, -0.1) is 0 Å². The fourth-order valence-electron chi connectivity index (χ4n) is 2.03. The first-order valence-corrected chi connectivity index (χ1v) is 6.38. The van der Waals surface area contributed by atoms with E-state index in [4.69, 9.17) is 5.73 Å². The maximum atomic E-state index is 5.96. The molecule has 0 atom stereocenters. The average molecular weight is 265 g/mol. The number of nitrogen functional groups attached to an aromatic ring is 1. The van der Waals surface area contributed by atoms with Crippen LogP contribution >= 0.6 is 0 Å². The van der Waals surface area contributed by atoms with E-state index in [-0.39, 0.29) is 0 Å². The summed E-state index contributed by atoms with van der Waals surface area (Å²) in [5.41, 5.74) is 10.3. The molecule has 5 heteroatoms. The number of anilines is 2. The summed E-state index contributed by atoms with van der Waals surface area (Å²) in [5.74, 6) is 0. The van der Waals surface area contributed by atoms with Crippen molar-refractivity contribution >= 4 is 22.3 Å². The highest BCUT2D eigenvalue weighted by Gasteiger charge is 2.05. The van der Waals surface area contributed by atoms with Gasteiger partial charge in [-0.2, -0.15) is 0 Å². The zero-order chi connectivity index (χ0) is 13.9. The summed E-state index contributed by atoms with van der Waals surface area (Å²) in [4.78, 5) is 12.9. The van der Waals surface area contributed by atoms with Crippen LogP contribution in [0.2, 0.25) is 0 Å². The standard InChI is InChI=1S/C15H15N5/c1-10-7-19-11(8-18-10)9-20-14-5-4-13(16)12-3-2-6-17-15(12)14/h2-8,20H,9,16H2,1H3. The van der Waals surface area contributed by atoms with E-state index in [1.165, 1.54) is 0 Å². The highest BCUT2D eigenvalue weighted by molar-refractivity contribution is 5.98. The second kappa shape index (κ2) is 5.13. The van der Waals surface area contributed by atoms with Crippen LogP contribution in [0.25, 0.3) is 10.9 Å². The van der Waals surface area contributed by atoms with Gasteiger partial charge in [0.15, 0.2) is 0 Å². The number of nitrogens with zero attached hydrogens (tertiary/aromatic N) is 3. The molecular weight excluding hydrogens is 250 g/mol. The maximum absolute atomic E-state index is 5.96. The number of rotatable bonds is 3. The molecule has 0 unspecified atom stereocenters. The van der Waals surface area contributed by atoms with Crippen molar-refractivity contribution in [1.82, 2.24) is 15.0 Å². The SMILES string of the molecule is Cc1cnc(CNc2ccc(N)c3cccnc23)cn1. The van der Waals surface area contributed by atoms with E-state index in [0.717, 1.165) is 33.7 Å². The summed E-state index contributed by atoms with van der Waals surface area (Å²) in [6.45, 7) is 2.52. The summed E-state index contributed by atoms with van der Waals surface area (Å²) >= 11 is 0. The lowest BCUT2D eigenvalue weighted by Gasteiger charge is -2.10. The summed E-state index contributed by atoms with van der Waals surface area (Å²) in [6, 6.07) is 7.67. The molecule has 0 aliphatic heterocycles. The van der Waals surface area contributed by atoms with E-state index < -0.39 is 0 Å². The maximum Gasteiger partial charge on any atom is 0.0953 e. The monoisotopic (exact) mass is 265 g/mol. The quantitative estimate of drug-likeness (QED) is 0.712. The van der Waals surface area contributed by atoms with Crippen molar-refractivity contribution in [3.8, 4) is 0 Å². The predicted molar refractivity (Wildman–Crippen MR) is 80.3 cm³/mol. The zero-order valence-electron chi connectivity index (χ0n) is 11.2. The lowest BCUT2D eigenvalue weighted by molar-refractivity contribution is 0.985. The predicted octanol–water partition coefficient (Wildman–Crippen LogP) is 2.53. The highest BCUT2D eigenvalue weighted by atomic mass is 14.9. The van der Waals surface area contributed by atoms with Gasteiger partial charge in [0.25, 0.3) is 0 Å². The van der Waals surface area contributed by atoms with Crippen LogP contribution in [0.1, 0.15) is 11.4 Å². The molecule has 0 radical (unpaired) electrons. The van der Waals surface area contributed by atoms with Crippen molar-refractivity contribution in [2.45, 2.75) is 13.5 Å². The first-order chi connectivity index (χ1) is 9.74.